The van der Waals surface area contributed by atoms with Gasteiger partial charge in [0.25, 0.3) is 0 Å². The van der Waals surface area contributed by atoms with Crippen molar-refractivity contribution in [2.24, 2.45) is 7.05 Å². The SMILES string of the molecule is Cc1cc(C)cc(OCC(O)CNC(c2cccc(F)c2)c2nccn2C)c1. The number of nitrogens with zero attached hydrogens (tertiary/aromatic N) is 2. The zero-order valence-electron chi connectivity index (χ0n) is 16.4. The highest BCUT2D eigenvalue weighted by Crippen LogP contribution is 2.21. The van der Waals surface area contributed by atoms with Crippen LogP contribution >= 0.6 is 0 Å². The second kappa shape index (κ2) is 8.99. The number of rotatable bonds is 8. The number of aliphatic hydroxyl groups is 1. The molecule has 0 amide bonds. The van der Waals surface area contributed by atoms with E-state index in [-0.39, 0.29) is 25.0 Å². The summed E-state index contributed by atoms with van der Waals surface area (Å²) in [4.78, 5) is 4.38. The van der Waals surface area contributed by atoms with E-state index < -0.39 is 6.10 Å². The van der Waals surface area contributed by atoms with Crippen molar-refractivity contribution in [2.75, 3.05) is 13.2 Å². The fourth-order valence-corrected chi connectivity index (χ4v) is 3.22. The molecule has 3 rings (SSSR count). The summed E-state index contributed by atoms with van der Waals surface area (Å²) in [5.74, 6) is 1.17. The monoisotopic (exact) mass is 383 g/mol. The van der Waals surface area contributed by atoms with Crippen LogP contribution in [0.5, 0.6) is 5.75 Å². The number of hydrogen-bond acceptors (Lipinski definition) is 4. The van der Waals surface area contributed by atoms with Crippen molar-refractivity contribution in [1.82, 2.24) is 14.9 Å². The number of benzene rings is 2. The number of aromatic nitrogens is 2. The van der Waals surface area contributed by atoms with Gasteiger partial charge in [-0.15, -0.1) is 0 Å². The second-order valence-corrected chi connectivity index (χ2v) is 7.08. The van der Waals surface area contributed by atoms with Gasteiger partial charge in [0.1, 0.15) is 30.1 Å². The molecular weight excluding hydrogens is 357 g/mol. The maximum atomic E-state index is 13.7. The average molecular weight is 383 g/mol. The predicted octanol–water partition coefficient (Wildman–Crippen LogP) is 3.29. The Morgan fingerprint density at radius 1 is 1.18 bits per heavy atom. The molecule has 1 heterocycles. The first kappa shape index (κ1) is 20.0. The number of aryl methyl sites for hydroxylation is 3. The Bertz CT molecular complexity index is 905. The van der Waals surface area contributed by atoms with E-state index >= 15 is 0 Å². The van der Waals surface area contributed by atoms with Gasteiger partial charge in [-0.3, -0.25) is 0 Å². The maximum Gasteiger partial charge on any atom is 0.130 e. The Kier molecular flexibility index (Phi) is 6.44. The lowest BCUT2D eigenvalue weighted by molar-refractivity contribution is 0.104. The largest absolute Gasteiger partial charge is 0.491 e. The molecule has 2 unspecified atom stereocenters. The van der Waals surface area contributed by atoms with E-state index in [1.54, 1.807) is 12.3 Å². The minimum absolute atomic E-state index is 0.159. The van der Waals surface area contributed by atoms with E-state index in [9.17, 15) is 9.50 Å². The maximum absolute atomic E-state index is 13.7. The molecule has 3 aromatic rings. The molecule has 6 heteroatoms. The third-order valence-electron chi connectivity index (χ3n) is 4.49. The van der Waals surface area contributed by atoms with Gasteiger partial charge >= 0.3 is 0 Å². The highest BCUT2D eigenvalue weighted by Gasteiger charge is 2.20. The molecule has 0 radical (unpaired) electrons. The van der Waals surface area contributed by atoms with Crippen LogP contribution in [-0.2, 0) is 7.05 Å². The summed E-state index contributed by atoms with van der Waals surface area (Å²) in [5, 5.41) is 13.7. The first-order chi connectivity index (χ1) is 13.4. The van der Waals surface area contributed by atoms with Gasteiger partial charge in [0.2, 0.25) is 0 Å². The highest BCUT2D eigenvalue weighted by molar-refractivity contribution is 5.33. The van der Waals surface area contributed by atoms with E-state index in [1.165, 1.54) is 12.1 Å². The Morgan fingerprint density at radius 2 is 1.93 bits per heavy atom. The van der Waals surface area contributed by atoms with Gasteiger partial charge in [-0.1, -0.05) is 18.2 Å². The van der Waals surface area contributed by atoms with E-state index in [4.69, 9.17) is 4.74 Å². The molecule has 0 fully saturated rings. The molecule has 0 aliphatic rings. The van der Waals surface area contributed by atoms with Crippen LogP contribution in [0.25, 0.3) is 0 Å². The van der Waals surface area contributed by atoms with Crippen molar-refractivity contribution < 1.29 is 14.2 Å². The third kappa shape index (κ3) is 5.18. The molecule has 28 heavy (non-hydrogen) atoms. The third-order valence-corrected chi connectivity index (χ3v) is 4.49. The lowest BCUT2D eigenvalue weighted by Gasteiger charge is -2.21. The average Bonchev–Trinajstić information content (AvgIpc) is 3.05. The number of hydrogen-bond donors (Lipinski definition) is 2. The number of ether oxygens (including phenoxy) is 1. The second-order valence-electron chi connectivity index (χ2n) is 7.08. The van der Waals surface area contributed by atoms with Crippen molar-refractivity contribution >= 4 is 0 Å². The number of nitrogens with one attached hydrogen (secondary N) is 1. The van der Waals surface area contributed by atoms with Crippen molar-refractivity contribution in [2.45, 2.75) is 26.0 Å². The lowest BCUT2D eigenvalue weighted by atomic mass is 10.1. The minimum Gasteiger partial charge on any atom is -0.491 e. The molecule has 0 bridgehead atoms. The number of aliphatic hydroxyl groups excluding tert-OH is 1. The standard InChI is InChI=1S/C22H26FN3O2/c1-15-9-16(2)11-20(10-15)28-14-19(27)13-25-21(22-24-7-8-26(22)3)17-5-4-6-18(23)12-17/h4-12,19,21,25,27H,13-14H2,1-3H3. The minimum atomic E-state index is -0.725. The molecule has 0 saturated heterocycles. The van der Waals surface area contributed by atoms with Gasteiger partial charge in [-0.25, -0.2) is 9.37 Å². The summed E-state index contributed by atoms with van der Waals surface area (Å²) in [6, 6.07) is 12.0. The van der Waals surface area contributed by atoms with Gasteiger partial charge in [0.15, 0.2) is 0 Å². The van der Waals surface area contributed by atoms with Gasteiger partial charge in [0.05, 0.1) is 6.04 Å². The molecule has 2 N–H and O–H groups in total. The van der Waals surface area contributed by atoms with Crippen LogP contribution in [0.2, 0.25) is 0 Å². The van der Waals surface area contributed by atoms with Crippen LogP contribution in [0.1, 0.15) is 28.6 Å². The van der Waals surface area contributed by atoms with Crippen LogP contribution in [0.4, 0.5) is 4.39 Å². The van der Waals surface area contributed by atoms with Crippen LogP contribution in [0.3, 0.4) is 0 Å². The van der Waals surface area contributed by atoms with Gasteiger partial charge in [-0.2, -0.15) is 0 Å². The molecule has 1 aromatic heterocycles. The summed E-state index contributed by atoms with van der Waals surface area (Å²) in [6.07, 6.45) is 2.81. The first-order valence-electron chi connectivity index (χ1n) is 9.27. The van der Waals surface area contributed by atoms with Gasteiger partial charge < -0.3 is 19.7 Å². The van der Waals surface area contributed by atoms with E-state index in [2.05, 4.69) is 16.4 Å². The molecule has 0 saturated carbocycles. The summed E-state index contributed by atoms with van der Waals surface area (Å²) < 4.78 is 21.3. The molecule has 5 nitrogen and oxygen atoms in total. The molecule has 2 aromatic carbocycles. The Hall–Kier alpha value is -2.70. The van der Waals surface area contributed by atoms with Gasteiger partial charge in [0, 0.05) is 26.0 Å². The zero-order chi connectivity index (χ0) is 20.1. The predicted molar refractivity (Wildman–Crippen MR) is 107 cm³/mol. The molecule has 0 aliphatic heterocycles. The number of halogens is 1. The Morgan fingerprint density at radius 3 is 2.57 bits per heavy atom. The number of imidazole rings is 1. The van der Waals surface area contributed by atoms with Crippen LogP contribution < -0.4 is 10.1 Å². The normalized spacial score (nSPS) is 13.3. The molecule has 2 atom stereocenters. The van der Waals surface area contributed by atoms with Crippen LogP contribution in [-0.4, -0.2) is 33.9 Å². The van der Waals surface area contributed by atoms with E-state index in [0.29, 0.717) is 0 Å². The molecule has 148 valence electrons. The Balaban J connectivity index is 1.65. The molecular formula is C22H26FN3O2. The zero-order valence-corrected chi connectivity index (χ0v) is 16.4. The Labute approximate surface area is 164 Å². The summed E-state index contributed by atoms with van der Waals surface area (Å²) in [7, 11) is 1.88. The quantitative estimate of drug-likeness (QED) is 0.627. The van der Waals surface area contributed by atoms with E-state index in [0.717, 1.165) is 28.3 Å². The molecule has 0 aliphatic carbocycles. The molecule has 0 spiro atoms. The first-order valence-corrected chi connectivity index (χ1v) is 9.27. The van der Waals surface area contributed by atoms with Crippen molar-refractivity contribution in [1.29, 1.82) is 0 Å². The van der Waals surface area contributed by atoms with E-state index in [1.807, 2.05) is 49.9 Å². The fraction of sp³-hybridized carbons (Fsp3) is 0.318. The summed E-state index contributed by atoms with van der Waals surface area (Å²) in [5.41, 5.74) is 2.98. The van der Waals surface area contributed by atoms with Crippen molar-refractivity contribution in [3.63, 3.8) is 0 Å². The van der Waals surface area contributed by atoms with Crippen LogP contribution in [0, 0.1) is 19.7 Å². The van der Waals surface area contributed by atoms with Crippen LogP contribution in [0.15, 0.2) is 54.9 Å². The summed E-state index contributed by atoms with van der Waals surface area (Å²) >= 11 is 0. The highest BCUT2D eigenvalue weighted by atomic mass is 19.1. The smallest absolute Gasteiger partial charge is 0.130 e. The van der Waals surface area contributed by atoms with Crippen molar-refractivity contribution in [3.8, 4) is 5.75 Å². The van der Waals surface area contributed by atoms with Crippen molar-refractivity contribution in [3.05, 3.63) is 83.2 Å². The topological polar surface area (TPSA) is 59.3 Å². The summed E-state index contributed by atoms with van der Waals surface area (Å²) in [6.45, 7) is 4.45. The van der Waals surface area contributed by atoms with Gasteiger partial charge in [-0.05, 0) is 54.8 Å². The fourth-order valence-electron chi connectivity index (χ4n) is 3.22. The lowest BCUT2D eigenvalue weighted by Crippen LogP contribution is -2.35.